The number of nitrogens with zero attached hydrogens (tertiary/aromatic N) is 2. The lowest BCUT2D eigenvalue weighted by Gasteiger charge is -2.52. The third-order valence-electron chi connectivity index (χ3n) is 6.26. The van der Waals surface area contributed by atoms with Crippen molar-refractivity contribution >= 4 is 28.9 Å². The zero-order chi connectivity index (χ0) is 23.1. The molecule has 1 spiro atoms. The molecule has 11 heteroatoms. The zero-order valence-corrected chi connectivity index (χ0v) is 18.8. The first-order valence-corrected chi connectivity index (χ1v) is 11.2. The molecule has 0 aliphatic carbocycles. The van der Waals surface area contributed by atoms with Crippen LogP contribution < -0.4 is 20.7 Å². The summed E-state index contributed by atoms with van der Waals surface area (Å²) in [4.78, 5) is 16.7. The van der Waals surface area contributed by atoms with Gasteiger partial charge in [0, 0.05) is 24.2 Å². The van der Waals surface area contributed by atoms with Crippen LogP contribution in [0.5, 0.6) is 5.75 Å². The van der Waals surface area contributed by atoms with Crippen molar-refractivity contribution in [1.29, 1.82) is 5.41 Å². The van der Waals surface area contributed by atoms with Crippen LogP contribution in [0.1, 0.15) is 29.4 Å². The predicted molar refractivity (Wildman–Crippen MR) is 119 cm³/mol. The number of guanidine groups is 1. The van der Waals surface area contributed by atoms with Gasteiger partial charge in [0.15, 0.2) is 4.75 Å². The van der Waals surface area contributed by atoms with Gasteiger partial charge in [-0.2, -0.15) is 4.31 Å². The minimum Gasteiger partial charge on any atom is -0.592 e. The monoisotopic (exact) mass is 460 g/mol. The number of halogens is 1. The number of nitrogens with one attached hydrogen (secondary N) is 4. The van der Waals surface area contributed by atoms with Crippen LogP contribution in [-0.4, -0.2) is 57.7 Å². The van der Waals surface area contributed by atoms with Crippen LogP contribution in [0.15, 0.2) is 36.5 Å². The van der Waals surface area contributed by atoms with Gasteiger partial charge in [-0.1, -0.05) is 0 Å². The Bertz CT molecular complexity index is 1050. The third-order valence-corrected chi connectivity index (χ3v) is 8.37. The summed E-state index contributed by atoms with van der Waals surface area (Å²) in [6.45, 7) is 2.78. The Labute approximate surface area is 188 Å². The van der Waals surface area contributed by atoms with Gasteiger partial charge in [0.2, 0.25) is 5.96 Å². The fourth-order valence-corrected chi connectivity index (χ4v) is 6.07. The molecule has 2 aromatic rings. The van der Waals surface area contributed by atoms with E-state index in [1.165, 1.54) is 41.9 Å². The summed E-state index contributed by atoms with van der Waals surface area (Å²) in [5.41, 5.74) is -0.370. The minimum atomic E-state index is -1.57. The van der Waals surface area contributed by atoms with Gasteiger partial charge < -0.3 is 25.2 Å². The lowest BCUT2D eigenvalue weighted by molar-refractivity contribution is 0.102. The standard InChI is InChI=1S/C21H25FN6O3S/c1-20(21(8-9-24-12-21)32(30)28(2)19(23)27-20)15-10-13(4-6-16(15)22)26-18(29)17-7-5-14(31-3)11-25-17/h4-7,10-11,24H,8-9,12H2,1-3H3,(H2,23,27)(H,26,29)/t20-,21-,32?/m1/s1. The van der Waals surface area contributed by atoms with Gasteiger partial charge in [-0.3, -0.25) is 10.2 Å². The van der Waals surface area contributed by atoms with Gasteiger partial charge in [0.25, 0.3) is 5.91 Å². The van der Waals surface area contributed by atoms with E-state index in [4.69, 9.17) is 10.1 Å². The predicted octanol–water partition coefficient (Wildman–Crippen LogP) is 1.56. The Morgan fingerprint density at radius 2 is 2.19 bits per heavy atom. The van der Waals surface area contributed by atoms with E-state index in [2.05, 4.69) is 20.9 Å². The molecule has 32 heavy (non-hydrogen) atoms. The molecule has 0 radical (unpaired) electrons. The molecule has 4 N–H and O–H groups in total. The number of benzene rings is 1. The fourth-order valence-electron chi connectivity index (χ4n) is 4.32. The van der Waals surface area contributed by atoms with Crippen LogP contribution in [0.4, 0.5) is 10.1 Å². The number of carbonyl (C=O) groups excluding carboxylic acids is 1. The Hall–Kier alpha value is -2.89. The lowest BCUT2D eigenvalue weighted by atomic mass is 9.77. The lowest BCUT2D eigenvalue weighted by Crippen LogP contribution is -2.74. The molecule has 1 aromatic carbocycles. The number of amides is 1. The number of aromatic nitrogens is 1. The topological polar surface area (TPSA) is 125 Å². The number of carbonyl (C=O) groups is 1. The first-order valence-electron chi connectivity index (χ1n) is 10.1. The van der Waals surface area contributed by atoms with Crippen LogP contribution in [0.2, 0.25) is 0 Å². The molecule has 2 aliphatic rings. The Kier molecular flexibility index (Phi) is 5.74. The minimum absolute atomic E-state index is 0.0559. The molecule has 3 heterocycles. The summed E-state index contributed by atoms with van der Waals surface area (Å²) >= 11 is -1.57. The van der Waals surface area contributed by atoms with E-state index in [1.807, 2.05) is 0 Å². The maximum Gasteiger partial charge on any atom is 0.274 e. The summed E-state index contributed by atoms with van der Waals surface area (Å²) in [6, 6.07) is 7.40. The van der Waals surface area contributed by atoms with E-state index in [0.717, 1.165) is 0 Å². The maximum absolute atomic E-state index is 15.1. The van der Waals surface area contributed by atoms with E-state index in [1.54, 1.807) is 20.0 Å². The van der Waals surface area contributed by atoms with Gasteiger partial charge >= 0.3 is 0 Å². The number of hydrogen-bond acceptors (Lipinski definition) is 6. The van der Waals surface area contributed by atoms with E-state index in [9.17, 15) is 9.35 Å². The van der Waals surface area contributed by atoms with Crippen molar-refractivity contribution in [2.75, 3.05) is 32.6 Å². The summed E-state index contributed by atoms with van der Waals surface area (Å²) < 4.78 is 34.1. The highest BCUT2D eigenvalue weighted by atomic mass is 32.2. The molecule has 1 aromatic heterocycles. The Morgan fingerprint density at radius 1 is 1.41 bits per heavy atom. The van der Waals surface area contributed by atoms with Crippen LogP contribution in [-0.2, 0) is 16.9 Å². The van der Waals surface area contributed by atoms with Gasteiger partial charge in [-0.05, 0) is 37.3 Å². The van der Waals surface area contributed by atoms with Gasteiger partial charge in [0.05, 0.1) is 38.3 Å². The molecule has 1 amide bonds. The highest BCUT2D eigenvalue weighted by Gasteiger charge is 2.66. The van der Waals surface area contributed by atoms with Crippen LogP contribution >= 0.6 is 0 Å². The van der Waals surface area contributed by atoms with E-state index >= 15 is 4.39 Å². The van der Waals surface area contributed by atoms with E-state index in [-0.39, 0.29) is 17.2 Å². The molecule has 9 nitrogen and oxygen atoms in total. The van der Waals surface area contributed by atoms with Crippen LogP contribution in [0, 0.1) is 11.2 Å². The maximum atomic E-state index is 15.1. The van der Waals surface area contributed by atoms with Crippen molar-refractivity contribution < 1.29 is 18.5 Å². The highest BCUT2D eigenvalue weighted by molar-refractivity contribution is 7.91. The second kappa shape index (κ2) is 8.23. The van der Waals surface area contributed by atoms with Gasteiger partial charge in [-0.15, -0.1) is 0 Å². The van der Waals surface area contributed by atoms with Crippen molar-refractivity contribution in [2.45, 2.75) is 23.6 Å². The average Bonchev–Trinajstić information content (AvgIpc) is 3.30. The highest BCUT2D eigenvalue weighted by Crippen LogP contribution is 2.47. The molecule has 4 rings (SSSR count). The number of anilines is 1. The van der Waals surface area contributed by atoms with Gasteiger partial charge in [0.1, 0.15) is 22.8 Å². The second-order valence-electron chi connectivity index (χ2n) is 8.00. The van der Waals surface area contributed by atoms with E-state index < -0.39 is 33.4 Å². The Morgan fingerprint density at radius 3 is 2.81 bits per heavy atom. The summed E-state index contributed by atoms with van der Waals surface area (Å²) in [5, 5.41) is 17.3. The molecule has 1 unspecified atom stereocenters. The molecular weight excluding hydrogens is 435 g/mol. The van der Waals surface area contributed by atoms with Gasteiger partial charge in [-0.25, -0.2) is 9.37 Å². The van der Waals surface area contributed by atoms with Crippen molar-refractivity contribution in [2.24, 2.45) is 0 Å². The zero-order valence-electron chi connectivity index (χ0n) is 18.0. The molecular formula is C21H25FN6O3S. The van der Waals surface area contributed by atoms with Crippen molar-refractivity contribution in [3.8, 4) is 5.75 Å². The largest absolute Gasteiger partial charge is 0.592 e. The summed E-state index contributed by atoms with van der Waals surface area (Å²) in [6.07, 6.45) is 1.97. The number of pyridine rings is 1. The van der Waals surface area contributed by atoms with E-state index in [0.29, 0.717) is 30.9 Å². The quantitative estimate of drug-likeness (QED) is 0.510. The molecule has 3 atom stereocenters. The molecule has 2 fully saturated rings. The molecule has 2 saturated heterocycles. The number of rotatable bonds is 4. The van der Waals surface area contributed by atoms with Crippen molar-refractivity contribution in [3.05, 3.63) is 53.6 Å². The molecule has 0 saturated carbocycles. The average molecular weight is 461 g/mol. The molecule has 2 aliphatic heterocycles. The SMILES string of the molecule is COc1ccc(C(=O)Nc2ccc(F)c([C@@]3(C)NC(=N)N(C)[S+]([O-])[C@@]34CCNC4)c2)nc1. The number of methoxy groups -OCH3 is 1. The smallest absolute Gasteiger partial charge is 0.274 e. The first kappa shape index (κ1) is 22.3. The normalized spacial score (nSPS) is 27.3. The first-order chi connectivity index (χ1) is 15.2. The van der Waals surface area contributed by atoms with Crippen LogP contribution in [0.3, 0.4) is 0 Å². The van der Waals surface area contributed by atoms with Crippen molar-refractivity contribution in [3.63, 3.8) is 0 Å². The molecule has 0 bridgehead atoms. The fraction of sp³-hybridized carbons (Fsp3) is 0.381. The van der Waals surface area contributed by atoms with Crippen molar-refractivity contribution in [1.82, 2.24) is 19.9 Å². The number of ether oxygens (including phenoxy) is 1. The second-order valence-corrected chi connectivity index (χ2v) is 9.83. The summed E-state index contributed by atoms with van der Waals surface area (Å²) in [7, 11) is 3.09. The van der Waals surface area contributed by atoms with Crippen LogP contribution in [0.25, 0.3) is 0 Å². The Balaban J connectivity index is 1.69. The molecule has 170 valence electrons. The summed E-state index contributed by atoms with van der Waals surface area (Å²) in [5.74, 6) is -0.501. The third kappa shape index (κ3) is 3.46. The number of hydrogen-bond donors (Lipinski definition) is 4.